The summed E-state index contributed by atoms with van der Waals surface area (Å²) in [5, 5.41) is 0. The molecule has 2 bridgehead atoms. The zero-order valence-electron chi connectivity index (χ0n) is 6.61. The van der Waals surface area contributed by atoms with Gasteiger partial charge in [0.2, 0.25) is 5.91 Å². The van der Waals surface area contributed by atoms with Gasteiger partial charge in [0.25, 0.3) is 10.0 Å². The lowest BCUT2D eigenvalue weighted by Crippen LogP contribution is -2.27. The molecule has 70 valence electrons. The van der Waals surface area contributed by atoms with E-state index >= 15 is 0 Å². The normalized spacial score (nSPS) is 38.9. The number of ether oxygens (including phenoxy) is 1. The minimum absolute atomic E-state index is 0.189. The molecule has 3 rings (SSSR count). The second-order valence-electron chi connectivity index (χ2n) is 3.43. The third kappa shape index (κ3) is 0.720. The van der Waals surface area contributed by atoms with E-state index in [-0.39, 0.29) is 11.0 Å². The van der Waals surface area contributed by atoms with Gasteiger partial charge in [-0.05, 0) is 6.42 Å². The minimum Gasteiger partial charge on any atom is -0.492 e. The number of carbonyl (C=O) groups excluding carboxylic acids is 1. The van der Waals surface area contributed by atoms with Gasteiger partial charge in [-0.2, -0.15) is 0 Å². The van der Waals surface area contributed by atoms with E-state index in [1.54, 1.807) is 0 Å². The molecule has 3 heterocycles. The van der Waals surface area contributed by atoms with Crippen LogP contribution in [0.15, 0.2) is 10.7 Å². The molecule has 0 saturated carbocycles. The van der Waals surface area contributed by atoms with Crippen LogP contribution < -0.4 is 4.72 Å². The molecule has 0 unspecified atom stereocenters. The Balaban J connectivity index is 2.28. The van der Waals surface area contributed by atoms with Crippen LogP contribution in [0.3, 0.4) is 0 Å². The highest BCUT2D eigenvalue weighted by molar-refractivity contribution is 7.94. The van der Waals surface area contributed by atoms with Crippen LogP contribution in [0.5, 0.6) is 0 Å². The van der Waals surface area contributed by atoms with Crippen molar-refractivity contribution in [2.75, 3.05) is 0 Å². The van der Waals surface area contributed by atoms with Crippen molar-refractivity contribution in [2.45, 2.75) is 18.9 Å². The highest BCUT2D eigenvalue weighted by atomic mass is 32.2. The maximum atomic E-state index is 11.4. The summed E-state index contributed by atoms with van der Waals surface area (Å²) in [4.78, 5) is 11.4. The van der Waals surface area contributed by atoms with Crippen molar-refractivity contribution < 1.29 is 17.9 Å². The number of fused-ring (bicyclic) bond motifs is 4. The highest BCUT2D eigenvalue weighted by Crippen LogP contribution is 2.47. The maximum Gasteiger partial charge on any atom is 0.264 e. The first-order chi connectivity index (χ1) is 6.09. The monoisotopic (exact) mass is 201 g/mol. The van der Waals surface area contributed by atoms with Crippen molar-refractivity contribution in [1.29, 1.82) is 0 Å². The van der Waals surface area contributed by atoms with Crippen LogP contribution in [0.25, 0.3) is 0 Å². The Kier molecular flexibility index (Phi) is 1.07. The molecule has 5 nitrogen and oxygen atoms in total. The summed E-state index contributed by atoms with van der Waals surface area (Å²) in [6.45, 7) is 0. The summed E-state index contributed by atoms with van der Waals surface area (Å²) in [7, 11) is -3.55. The number of rotatable bonds is 0. The van der Waals surface area contributed by atoms with Crippen molar-refractivity contribution in [1.82, 2.24) is 4.72 Å². The van der Waals surface area contributed by atoms with Gasteiger partial charge >= 0.3 is 0 Å². The standard InChI is InChI=1S/C7H7NO4S/c9-7-5-3-1-2-4(12-3)6(5)13(10,11)8-7/h3,5H,1-2H2,(H,8,9)/t3-,5+/m1/s1. The van der Waals surface area contributed by atoms with Crippen molar-refractivity contribution >= 4 is 15.9 Å². The topological polar surface area (TPSA) is 72.5 Å². The fourth-order valence-corrected chi connectivity index (χ4v) is 3.73. The molecule has 13 heavy (non-hydrogen) atoms. The Morgan fingerprint density at radius 2 is 2.23 bits per heavy atom. The zero-order chi connectivity index (χ0) is 9.22. The molecule has 0 radical (unpaired) electrons. The largest absolute Gasteiger partial charge is 0.492 e. The fraction of sp³-hybridized carbons (Fsp3) is 0.571. The van der Waals surface area contributed by atoms with Crippen LogP contribution in [0.4, 0.5) is 0 Å². The maximum absolute atomic E-state index is 11.4. The van der Waals surface area contributed by atoms with Crippen LogP contribution in [0, 0.1) is 5.92 Å². The fourth-order valence-electron chi connectivity index (χ4n) is 2.19. The first-order valence-corrected chi connectivity index (χ1v) is 5.54. The van der Waals surface area contributed by atoms with Gasteiger partial charge in [-0.3, -0.25) is 4.79 Å². The number of nitrogens with one attached hydrogen (secondary N) is 1. The molecule has 3 aliphatic rings. The Hall–Kier alpha value is -1.04. The van der Waals surface area contributed by atoms with Gasteiger partial charge in [-0.15, -0.1) is 0 Å². The van der Waals surface area contributed by atoms with E-state index in [0.29, 0.717) is 12.2 Å². The summed E-state index contributed by atoms with van der Waals surface area (Å²) in [6.07, 6.45) is 1.17. The average Bonchev–Trinajstić information content (AvgIpc) is 2.63. The van der Waals surface area contributed by atoms with E-state index in [4.69, 9.17) is 4.74 Å². The number of hydrogen-bond donors (Lipinski definition) is 1. The molecule has 6 heteroatoms. The van der Waals surface area contributed by atoms with Crippen molar-refractivity contribution in [3.05, 3.63) is 10.7 Å². The molecule has 2 fully saturated rings. The number of hydrogen-bond acceptors (Lipinski definition) is 4. The molecule has 0 aromatic heterocycles. The summed E-state index contributed by atoms with van der Waals surface area (Å²) < 4.78 is 30.0. The summed E-state index contributed by atoms with van der Waals surface area (Å²) in [5.74, 6) is -0.503. The second-order valence-corrected chi connectivity index (χ2v) is 5.08. The Bertz CT molecular complexity index is 435. The van der Waals surface area contributed by atoms with Gasteiger partial charge < -0.3 is 4.74 Å². The first kappa shape index (κ1) is 7.37. The summed E-state index contributed by atoms with van der Waals surface area (Å²) in [6, 6.07) is 0. The lowest BCUT2D eigenvalue weighted by molar-refractivity contribution is -0.123. The molecule has 2 saturated heterocycles. The number of carbonyl (C=O) groups is 1. The van der Waals surface area contributed by atoms with Crippen LogP contribution in [0.2, 0.25) is 0 Å². The predicted molar refractivity (Wildman–Crippen MR) is 41.7 cm³/mol. The van der Waals surface area contributed by atoms with Crippen molar-refractivity contribution in [3.8, 4) is 0 Å². The van der Waals surface area contributed by atoms with E-state index < -0.39 is 21.8 Å². The quantitative estimate of drug-likeness (QED) is 0.571. The smallest absolute Gasteiger partial charge is 0.264 e. The molecule has 0 aromatic rings. The van der Waals surface area contributed by atoms with Crippen molar-refractivity contribution in [2.24, 2.45) is 5.92 Å². The Labute approximate surface area is 74.8 Å². The lowest BCUT2D eigenvalue weighted by Gasteiger charge is -2.08. The van der Waals surface area contributed by atoms with E-state index in [2.05, 4.69) is 0 Å². The average molecular weight is 201 g/mol. The molecule has 2 atom stereocenters. The highest BCUT2D eigenvalue weighted by Gasteiger charge is 2.55. The first-order valence-electron chi connectivity index (χ1n) is 4.06. The number of allylic oxidation sites excluding steroid dienone is 1. The summed E-state index contributed by atoms with van der Waals surface area (Å²) in [5.41, 5.74) is 0. The van der Waals surface area contributed by atoms with E-state index in [0.717, 1.165) is 6.42 Å². The van der Waals surface area contributed by atoms with Gasteiger partial charge in [0.05, 0.1) is 0 Å². The number of sulfonamides is 1. The minimum atomic E-state index is -3.55. The van der Waals surface area contributed by atoms with E-state index in [1.807, 2.05) is 4.72 Å². The van der Waals surface area contributed by atoms with Gasteiger partial charge in [0, 0.05) is 6.42 Å². The second kappa shape index (κ2) is 1.89. The SMILES string of the molecule is O=C1NS(=O)(=O)C2=C3CC[C@@H](O3)[C@H]12. The zero-order valence-corrected chi connectivity index (χ0v) is 7.43. The number of amides is 1. The molecule has 0 spiro atoms. The molecule has 1 amide bonds. The molecule has 1 N–H and O–H groups in total. The predicted octanol–water partition coefficient (Wildman–Crippen LogP) is -0.534. The van der Waals surface area contributed by atoms with Gasteiger partial charge in [-0.25, -0.2) is 13.1 Å². The molecular weight excluding hydrogens is 194 g/mol. The molecular formula is C7H7NO4S. The van der Waals surface area contributed by atoms with Crippen LogP contribution in [-0.4, -0.2) is 20.4 Å². The third-order valence-corrected chi connectivity index (χ3v) is 4.22. The Morgan fingerprint density at radius 3 is 2.92 bits per heavy atom. The van der Waals surface area contributed by atoms with Crippen LogP contribution >= 0.6 is 0 Å². The molecule has 3 aliphatic heterocycles. The van der Waals surface area contributed by atoms with Gasteiger partial charge in [-0.1, -0.05) is 0 Å². The Morgan fingerprint density at radius 1 is 1.46 bits per heavy atom. The molecule has 0 aromatic carbocycles. The third-order valence-electron chi connectivity index (χ3n) is 2.69. The van der Waals surface area contributed by atoms with Crippen LogP contribution in [-0.2, 0) is 19.6 Å². The molecule has 0 aliphatic carbocycles. The lowest BCUT2D eigenvalue weighted by atomic mass is 9.95. The van der Waals surface area contributed by atoms with Gasteiger partial charge in [0.15, 0.2) is 0 Å². The van der Waals surface area contributed by atoms with E-state index in [9.17, 15) is 13.2 Å². The van der Waals surface area contributed by atoms with E-state index in [1.165, 1.54) is 0 Å². The summed E-state index contributed by atoms with van der Waals surface area (Å²) >= 11 is 0. The van der Waals surface area contributed by atoms with Crippen molar-refractivity contribution in [3.63, 3.8) is 0 Å². The van der Waals surface area contributed by atoms with Gasteiger partial charge in [0.1, 0.15) is 22.7 Å². The van der Waals surface area contributed by atoms with Crippen LogP contribution in [0.1, 0.15) is 12.8 Å².